The van der Waals surface area contributed by atoms with E-state index in [1.165, 1.54) is 43.4 Å². The number of hydrogen-bond donors (Lipinski definition) is 1. The van der Waals surface area contributed by atoms with Crippen molar-refractivity contribution in [3.05, 3.63) is 59.5 Å². The summed E-state index contributed by atoms with van der Waals surface area (Å²) in [7, 11) is 3.03. The van der Waals surface area contributed by atoms with Gasteiger partial charge in [-0.05, 0) is 43.2 Å². The third-order valence-electron chi connectivity index (χ3n) is 4.84. The van der Waals surface area contributed by atoms with Gasteiger partial charge in [0.05, 0.1) is 25.5 Å². The SMILES string of the molecule is CCOCCCN1C(=O)C(Nc2ccc(OC)cc2OC)=C(c2ccc(F)cc2)C1=O. The lowest BCUT2D eigenvalue weighted by molar-refractivity contribution is -0.137. The van der Waals surface area contributed by atoms with Gasteiger partial charge in [0.2, 0.25) is 0 Å². The number of imide groups is 1. The van der Waals surface area contributed by atoms with E-state index in [1.54, 1.807) is 18.2 Å². The predicted molar refractivity (Wildman–Crippen MR) is 114 cm³/mol. The number of halogens is 1. The number of hydrogen-bond acceptors (Lipinski definition) is 6. The van der Waals surface area contributed by atoms with Crippen molar-refractivity contribution >= 4 is 23.1 Å². The van der Waals surface area contributed by atoms with Crippen LogP contribution in [0.25, 0.3) is 5.57 Å². The van der Waals surface area contributed by atoms with Crippen LogP contribution >= 0.6 is 0 Å². The lowest BCUT2D eigenvalue weighted by Crippen LogP contribution is -2.34. The van der Waals surface area contributed by atoms with Crippen molar-refractivity contribution < 1.29 is 28.2 Å². The predicted octanol–water partition coefficient (Wildman–Crippen LogP) is 3.46. The van der Waals surface area contributed by atoms with Crippen molar-refractivity contribution in [1.29, 1.82) is 0 Å². The van der Waals surface area contributed by atoms with Crippen molar-refractivity contribution in [1.82, 2.24) is 4.90 Å². The Balaban J connectivity index is 1.98. The fourth-order valence-electron chi connectivity index (χ4n) is 3.28. The number of nitrogens with zero attached hydrogens (tertiary/aromatic N) is 1. The highest BCUT2D eigenvalue weighted by atomic mass is 19.1. The average Bonchev–Trinajstić information content (AvgIpc) is 3.01. The van der Waals surface area contributed by atoms with Crippen LogP contribution in [0.2, 0.25) is 0 Å². The Kier molecular flexibility index (Phi) is 7.25. The fraction of sp³-hybridized carbons (Fsp3) is 0.304. The number of anilines is 1. The second-order valence-electron chi connectivity index (χ2n) is 6.76. The van der Waals surface area contributed by atoms with E-state index in [-0.39, 0.29) is 17.8 Å². The van der Waals surface area contributed by atoms with E-state index < -0.39 is 17.6 Å². The third kappa shape index (κ3) is 4.86. The molecule has 0 saturated carbocycles. The molecular formula is C23H25FN2O5. The average molecular weight is 428 g/mol. The van der Waals surface area contributed by atoms with E-state index >= 15 is 0 Å². The number of rotatable bonds is 10. The van der Waals surface area contributed by atoms with Crippen LogP contribution in [0.4, 0.5) is 10.1 Å². The molecule has 31 heavy (non-hydrogen) atoms. The maximum atomic E-state index is 13.4. The van der Waals surface area contributed by atoms with Gasteiger partial charge in [0.25, 0.3) is 11.8 Å². The first kappa shape index (κ1) is 22.3. The molecule has 0 spiro atoms. The van der Waals surface area contributed by atoms with Gasteiger partial charge in [-0.1, -0.05) is 12.1 Å². The molecule has 0 atom stereocenters. The summed E-state index contributed by atoms with van der Waals surface area (Å²) in [6.45, 7) is 3.09. The van der Waals surface area contributed by atoms with Crippen molar-refractivity contribution in [2.45, 2.75) is 13.3 Å². The van der Waals surface area contributed by atoms with E-state index in [1.807, 2.05) is 6.92 Å². The van der Waals surface area contributed by atoms with E-state index in [9.17, 15) is 14.0 Å². The summed E-state index contributed by atoms with van der Waals surface area (Å²) < 4.78 is 29.4. The molecule has 1 aliphatic rings. The number of ether oxygens (including phenoxy) is 3. The maximum absolute atomic E-state index is 13.4. The van der Waals surface area contributed by atoms with E-state index in [0.717, 1.165) is 0 Å². The molecule has 0 saturated heterocycles. The van der Waals surface area contributed by atoms with Crippen LogP contribution in [0.3, 0.4) is 0 Å². The second kappa shape index (κ2) is 10.1. The first-order chi connectivity index (χ1) is 15.0. The van der Waals surface area contributed by atoms with Gasteiger partial charge in [-0.25, -0.2) is 4.39 Å². The number of amides is 2. The zero-order chi connectivity index (χ0) is 22.4. The monoisotopic (exact) mass is 428 g/mol. The molecule has 1 N–H and O–H groups in total. The fourth-order valence-corrected chi connectivity index (χ4v) is 3.28. The van der Waals surface area contributed by atoms with E-state index in [2.05, 4.69) is 5.32 Å². The minimum Gasteiger partial charge on any atom is -0.497 e. The molecule has 1 aliphatic heterocycles. The number of methoxy groups -OCH3 is 2. The van der Waals surface area contributed by atoms with Crippen LogP contribution in [0, 0.1) is 5.82 Å². The summed E-state index contributed by atoms with van der Waals surface area (Å²) in [4.78, 5) is 27.5. The summed E-state index contributed by atoms with van der Waals surface area (Å²) in [6, 6.07) is 10.5. The topological polar surface area (TPSA) is 77.1 Å². The van der Waals surface area contributed by atoms with E-state index in [0.29, 0.717) is 42.4 Å². The Morgan fingerprint density at radius 3 is 2.39 bits per heavy atom. The Labute approximate surface area is 180 Å². The first-order valence-corrected chi connectivity index (χ1v) is 9.93. The van der Waals surface area contributed by atoms with Gasteiger partial charge >= 0.3 is 0 Å². The van der Waals surface area contributed by atoms with Crippen LogP contribution in [-0.2, 0) is 14.3 Å². The largest absolute Gasteiger partial charge is 0.497 e. The molecule has 8 heteroatoms. The molecule has 0 bridgehead atoms. The smallest absolute Gasteiger partial charge is 0.278 e. The minimum absolute atomic E-state index is 0.108. The summed E-state index contributed by atoms with van der Waals surface area (Å²) in [5.74, 6) is -0.301. The molecule has 2 amide bonds. The van der Waals surface area contributed by atoms with Gasteiger partial charge < -0.3 is 19.5 Å². The van der Waals surface area contributed by atoms with Gasteiger partial charge in [-0.15, -0.1) is 0 Å². The summed E-state index contributed by atoms with van der Waals surface area (Å²) in [5, 5.41) is 3.05. The quantitative estimate of drug-likeness (QED) is 0.461. The van der Waals surface area contributed by atoms with E-state index in [4.69, 9.17) is 14.2 Å². The van der Waals surface area contributed by atoms with Gasteiger partial charge in [0.1, 0.15) is 23.0 Å². The molecular weight excluding hydrogens is 403 g/mol. The Morgan fingerprint density at radius 1 is 1.00 bits per heavy atom. The van der Waals surface area contributed by atoms with Crippen LogP contribution in [-0.4, -0.2) is 50.7 Å². The number of benzene rings is 2. The molecule has 0 aliphatic carbocycles. The molecule has 0 unspecified atom stereocenters. The summed E-state index contributed by atoms with van der Waals surface area (Å²) in [5.41, 5.74) is 1.23. The highest BCUT2D eigenvalue weighted by molar-refractivity contribution is 6.36. The molecule has 0 radical (unpaired) electrons. The molecule has 3 rings (SSSR count). The van der Waals surface area contributed by atoms with Crippen molar-refractivity contribution in [3.63, 3.8) is 0 Å². The van der Waals surface area contributed by atoms with Gasteiger partial charge in [0.15, 0.2) is 0 Å². The van der Waals surface area contributed by atoms with Gasteiger partial charge in [-0.3, -0.25) is 14.5 Å². The van der Waals surface area contributed by atoms with Crippen LogP contribution in [0.1, 0.15) is 18.9 Å². The Bertz CT molecular complexity index is 988. The molecule has 0 aromatic heterocycles. The highest BCUT2D eigenvalue weighted by Gasteiger charge is 2.39. The van der Waals surface area contributed by atoms with Crippen molar-refractivity contribution in [3.8, 4) is 11.5 Å². The van der Waals surface area contributed by atoms with Crippen LogP contribution < -0.4 is 14.8 Å². The van der Waals surface area contributed by atoms with Crippen LogP contribution in [0.5, 0.6) is 11.5 Å². The summed E-state index contributed by atoms with van der Waals surface area (Å²) >= 11 is 0. The zero-order valence-corrected chi connectivity index (χ0v) is 17.7. The Hall–Kier alpha value is -3.39. The molecule has 2 aromatic carbocycles. The second-order valence-corrected chi connectivity index (χ2v) is 6.76. The normalized spacial score (nSPS) is 13.7. The molecule has 7 nitrogen and oxygen atoms in total. The van der Waals surface area contributed by atoms with Gasteiger partial charge in [-0.2, -0.15) is 0 Å². The first-order valence-electron chi connectivity index (χ1n) is 9.93. The molecule has 1 heterocycles. The Morgan fingerprint density at radius 2 is 1.74 bits per heavy atom. The maximum Gasteiger partial charge on any atom is 0.278 e. The highest BCUT2D eigenvalue weighted by Crippen LogP contribution is 2.35. The van der Waals surface area contributed by atoms with Crippen molar-refractivity contribution in [2.24, 2.45) is 0 Å². The molecule has 0 fully saturated rings. The van der Waals surface area contributed by atoms with Gasteiger partial charge in [0, 0.05) is 25.8 Å². The molecule has 2 aromatic rings. The van der Waals surface area contributed by atoms with Crippen LogP contribution in [0.15, 0.2) is 48.2 Å². The van der Waals surface area contributed by atoms with Crippen molar-refractivity contribution in [2.75, 3.05) is 39.3 Å². The standard InChI is InChI=1S/C23H25FN2O5/c1-4-31-13-5-12-26-22(27)20(15-6-8-16(24)9-7-15)21(23(26)28)25-18-11-10-17(29-2)14-19(18)30-3/h6-11,14,25H,4-5,12-13H2,1-3H3. The summed E-state index contributed by atoms with van der Waals surface area (Å²) in [6.07, 6.45) is 0.515. The zero-order valence-electron chi connectivity index (χ0n) is 17.7. The number of nitrogens with one attached hydrogen (secondary N) is 1. The molecule has 164 valence electrons. The number of carbonyl (C=O) groups is 2. The minimum atomic E-state index is -0.460. The lowest BCUT2D eigenvalue weighted by Gasteiger charge is -2.16. The third-order valence-corrected chi connectivity index (χ3v) is 4.84. The number of carbonyl (C=O) groups excluding carboxylic acids is 2. The lowest BCUT2D eigenvalue weighted by atomic mass is 10.0.